The van der Waals surface area contributed by atoms with E-state index in [2.05, 4.69) is 15.5 Å². The Morgan fingerprint density at radius 2 is 2.08 bits per heavy atom. The van der Waals surface area contributed by atoms with Crippen molar-refractivity contribution < 1.29 is 9.53 Å². The molecular weight excluding hydrogens is 302 g/mol. The maximum absolute atomic E-state index is 12.3. The fourth-order valence-electron chi connectivity index (χ4n) is 3.07. The van der Waals surface area contributed by atoms with Crippen LogP contribution in [0.1, 0.15) is 39.0 Å². The SMILES string of the molecule is CCC(Nc1cccc(OC)c1)C(=O)NCCCCN1CCCC1. The highest BCUT2D eigenvalue weighted by molar-refractivity contribution is 5.84. The van der Waals surface area contributed by atoms with Crippen molar-refractivity contribution in [2.75, 3.05) is 38.6 Å². The minimum Gasteiger partial charge on any atom is -0.497 e. The summed E-state index contributed by atoms with van der Waals surface area (Å²) < 4.78 is 5.22. The second-order valence-electron chi connectivity index (χ2n) is 6.38. The minimum atomic E-state index is -0.212. The van der Waals surface area contributed by atoms with Crippen molar-refractivity contribution in [2.24, 2.45) is 0 Å². The third-order valence-electron chi connectivity index (χ3n) is 4.53. The Balaban J connectivity index is 1.68. The summed E-state index contributed by atoms with van der Waals surface area (Å²) in [5, 5.41) is 6.35. The molecular formula is C19H31N3O2. The molecule has 0 saturated carbocycles. The number of likely N-dealkylation sites (tertiary alicyclic amines) is 1. The van der Waals surface area contributed by atoms with Gasteiger partial charge in [0.1, 0.15) is 11.8 Å². The molecule has 1 saturated heterocycles. The molecule has 1 amide bonds. The van der Waals surface area contributed by atoms with Crippen molar-refractivity contribution in [1.29, 1.82) is 0 Å². The van der Waals surface area contributed by atoms with Crippen molar-refractivity contribution in [2.45, 2.75) is 45.1 Å². The van der Waals surface area contributed by atoms with Crippen molar-refractivity contribution >= 4 is 11.6 Å². The van der Waals surface area contributed by atoms with E-state index >= 15 is 0 Å². The maximum Gasteiger partial charge on any atom is 0.242 e. The van der Waals surface area contributed by atoms with E-state index in [4.69, 9.17) is 4.74 Å². The molecule has 1 aliphatic rings. The van der Waals surface area contributed by atoms with E-state index in [1.165, 1.54) is 25.9 Å². The highest BCUT2D eigenvalue weighted by Gasteiger charge is 2.16. The van der Waals surface area contributed by atoms with Gasteiger partial charge in [0.2, 0.25) is 5.91 Å². The molecule has 0 bridgehead atoms. The largest absolute Gasteiger partial charge is 0.497 e. The first-order chi connectivity index (χ1) is 11.7. The van der Waals surface area contributed by atoms with E-state index in [0.717, 1.165) is 43.8 Å². The number of nitrogens with one attached hydrogen (secondary N) is 2. The molecule has 0 aliphatic carbocycles. The monoisotopic (exact) mass is 333 g/mol. The molecule has 1 aromatic carbocycles. The Bertz CT molecular complexity index is 501. The second-order valence-corrected chi connectivity index (χ2v) is 6.38. The summed E-state index contributed by atoms with van der Waals surface area (Å²) in [6.07, 6.45) is 5.62. The number of hydrogen-bond acceptors (Lipinski definition) is 4. The molecule has 0 radical (unpaired) electrons. The molecule has 1 unspecified atom stereocenters. The highest BCUT2D eigenvalue weighted by Crippen LogP contribution is 2.18. The number of amides is 1. The predicted octanol–water partition coefficient (Wildman–Crippen LogP) is 2.88. The first-order valence-corrected chi connectivity index (χ1v) is 9.13. The van der Waals surface area contributed by atoms with Crippen molar-refractivity contribution in [3.8, 4) is 5.75 Å². The number of benzene rings is 1. The lowest BCUT2D eigenvalue weighted by Gasteiger charge is -2.19. The summed E-state index contributed by atoms with van der Waals surface area (Å²) in [6, 6.07) is 7.47. The topological polar surface area (TPSA) is 53.6 Å². The van der Waals surface area contributed by atoms with Crippen LogP contribution in [-0.4, -0.2) is 50.1 Å². The molecule has 0 aromatic heterocycles. The van der Waals surface area contributed by atoms with Gasteiger partial charge >= 0.3 is 0 Å². The highest BCUT2D eigenvalue weighted by atomic mass is 16.5. The molecule has 0 spiro atoms. The number of rotatable bonds is 10. The van der Waals surface area contributed by atoms with Gasteiger partial charge in [0, 0.05) is 18.3 Å². The van der Waals surface area contributed by atoms with Crippen LogP contribution in [0.15, 0.2) is 24.3 Å². The molecule has 5 heteroatoms. The predicted molar refractivity (Wildman–Crippen MR) is 98.6 cm³/mol. The van der Waals surface area contributed by atoms with Gasteiger partial charge in [0.05, 0.1) is 7.11 Å². The molecule has 2 N–H and O–H groups in total. The minimum absolute atomic E-state index is 0.0708. The number of unbranched alkanes of at least 4 members (excludes halogenated alkanes) is 1. The summed E-state index contributed by atoms with van der Waals surface area (Å²) in [6.45, 7) is 6.42. The van der Waals surface area contributed by atoms with Crippen molar-refractivity contribution in [3.63, 3.8) is 0 Å². The van der Waals surface area contributed by atoms with Crippen LogP contribution >= 0.6 is 0 Å². The van der Waals surface area contributed by atoms with E-state index in [1.807, 2.05) is 31.2 Å². The average Bonchev–Trinajstić information content (AvgIpc) is 3.12. The van der Waals surface area contributed by atoms with Gasteiger partial charge in [0.15, 0.2) is 0 Å². The lowest BCUT2D eigenvalue weighted by atomic mass is 10.2. The lowest BCUT2D eigenvalue weighted by Crippen LogP contribution is -2.39. The molecule has 134 valence electrons. The van der Waals surface area contributed by atoms with Crippen LogP contribution in [0.5, 0.6) is 5.75 Å². The normalized spacial score (nSPS) is 15.9. The zero-order valence-electron chi connectivity index (χ0n) is 15.0. The van der Waals surface area contributed by atoms with Gasteiger partial charge in [-0.05, 0) is 63.9 Å². The summed E-state index contributed by atoms with van der Waals surface area (Å²) in [5.74, 6) is 0.860. The van der Waals surface area contributed by atoms with Crippen LogP contribution in [0.4, 0.5) is 5.69 Å². The van der Waals surface area contributed by atoms with Gasteiger partial charge in [-0.25, -0.2) is 0 Å². The molecule has 1 aromatic rings. The average molecular weight is 333 g/mol. The van der Waals surface area contributed by atoms with E-state index < -0.39 is 0 Å². The number of nitrogens with zero attached hydrogens (tertiary/aromatic N) is 1. The van der Waals surface area contributed by atoms with Gasteiger partial charge in [-0.1, -0.05) is 13.0 Å². The van der Waals surface area contributed by atoms with Crippen LogP contribution in [-0.2, 0) is 4.79 Å². The maximum atomic E-state index is 12.3. The third-order valence-corrected chi connectivity index (χ3v) is 4.53. The lowest BCUT2D eigenvalue weighted by molar-refractivity contribution is -0.121. The van der Waals surface area contributed by atoms with Gasteiger partial charge in [-0.3, -0.25) is 4.79 Å². The number of carbonyl (C=O) groups is 1. The van der Waals surface area contributed by atoms with Crippen LogP contribution in [0.2, 0.25) is 0 Å². The van der Waals surface area contributed by atoms with Crippen LogP contribution in [0.25, 0.3) is 0 Å². The van der Waals surface area contributed by atoms with E-state index in [0.29, 0.717) is 0 Å². The third kappa shape index (κ3) is 6.04. The molecule has 5 nitrogen and oxygen atoms in total. The Hall–Kier alpha value is -1.75. The summed E-state index contributed by atoms with van der Waals surface area (Å²) in [7, 11) is 1.64. The molecule has 2 rings (SSSR count). The number of methoxy groups -OCH3 is 1. The standard InChI is InChI=1S/C19H31N3O2/c1-3-18(21-16-9-8-10-17(15-16)24-2)19(23)20-11-4-5-12-22-13-6-7-14-22/h8-10,15,18,21H,3-7,11-14H2,1-2H3,(H,20,23). The summed E-state index contributed by atoms with van der Waals surface area (Å²) >= 11 is 0. The van der Waals surface area contributed by atoms with E-state index in [-0.39, 0.29) is 11.9 Å². The van der Waals surface area contributed by atoms with Crippen LogP contribution in [0.3, 0.4) is 0 Å². The molecule has 1 aliphatic heterocycles. The smallest absolute Gasteiger partial charge is 0.242 e. The number of anilines is 1. The first kappa shape index (κ1) is 18.6. The molecule has 1 heterocycles. The molecule has 1 atom stereocenters. The van der Waals surface area contributed by atoms with Gasteiger partial charge < -0.3 is 20.3 Å². The van der Waals surface area contributed by atoms with Gasteiger partial charge in [0.25, 0.3) is 0 Å². The fraction of sp³-hybridized carbons (Fsp3) is 0.632. The van der Waals surface area contributed by atoms with Crippen molar-refractivity contribution in [1.82, 2.24) is 10.2 Å². The second kappa shape index (κ2) is 10.2. The fourth-order valence-corrected chi connectivity index (χ4v) is 3.07. The van der Waals surface area contributed by atoms with Gasteiger partial charge in [-0.2, -0.15) is 0 Å². The number of carbonyl (C=O) groups excluding carboxylic acids is 1. The zero-order chi connectivity index (χ0) is 17.2. The van der Waals surface area contributed by atoms with E-state index in [9.17, 15) is 4.79 Å². The number of hydrogen-bond donors (Lipinski definition) is 2. The Morgan fingerprint density at radius 1 is 1.29 bits per heavy atom. The van der Waals surface area contributed by atoms with Crippen LogP contribution in [0, 0.1) is 0 Å². The van der Waals surface area contributed by atoms with Gasteiger partial charge in [-0.15, -0.1) is 0 Å². The molecule has 24 heavy (non-hydrogen) atoms. The zero-order valence-corrected chi connectivity index (χ0v) is 15.0. The first-order valence-electron chi connectivity index (χ1n) is 9.13. The number of ether oxygens (including phenoxy) is 1. The Labute approximate surface area is 145 Å². The van der Waals surface area contributed by atoms with Crippen molar-refractivity contribution in [3.05, 3.63) is 24.3 Å². The quantitative estimate of drug-likeness (QED) is 0.647. The van der Waals surface area contributed by atoms with E-state index in [1.54, 1.807) is 7.11 Å². The summed E-state index contributed by atoms with van der Waals surface area (Å²) in [5.41, 5.74) is 0.908. The summed E-state index contributed by atoms with van der Waals surface area (Å²) in [4.78, 5) is 14.9. The Morgan fingerprint density at radius 3 is 2.79 bits per heavy atom. The Kier molecular flexibility index (Phi) is 7.89. The molecule has 1 fully saturated rings. The van der Waals surface area contributed by atoms with Crippen LogP contribution < -0.4 is 15.4 Å².